The fraction of sp³-hybridized carbons (Fsp3) is 0.118. The molecule has 0 fully saturated rings. The molecule has 0 aromatic heterocycles. The van der Waals surface area contributed by atoms with E-state index < -0.39 is 11.8 Å². The highest BCUT2D eigenvalue weighted by Crippen LogP contribution is 2.15. The van der Waals surface area contributed by atoms with Crippen molar-refractivity contribution in [2.45, 2.75) is 6.61 Å². The Morgan fingerprint density at radius 1 is 1.17 bits per heavy atom. The van der Waals surface area contributed by atoms with Gasteiger partial charge in [-0.25, -0.2) is 5.43 Å². The Bertz CT molecular complexity index is 745. The molecule has 6 nitrogen and oxygen atoms in total. The van der Waals surface area contributed by atoms with Gasteiger partial charge in [0.2, 0.25) is 0 Å². The number of rotatable bonds is 5. The van der Waals surface area contributed by atoms with E-state index in [0.29, 0.717) is 17.4 Å². The van der Waals surface area contributed by atoms with Crippen LogP contribution < -0.4 is 15.5 Å². The van der Waals surface area contributed by atoms with Crippen molar-refractivity contribution in [1.82, 2.24) is 10.7 Å². The van der Waals surface area contributed by atoms with Crippen LogP contribution in [0.5, 0.6) is 5.75 Å². The second-order valence-electron chi connectivity index (χ2n) is 4.77. The van der Waals surface area contributed by atoms with Crippen LogP contribution in [0.4, 0.5) is 0 Å². The maximum atomic E-state index is 11.2. The second-order valence-corrected chi connectivity index (χ2v) is 5.20. The molecule has 24 heavy (non-hydrogen) atoms. The molecule has 0 spiro atoms. The summed E-state index contributed by atoms with van der Waals surface area (Å²) < 4.78 is 5.66. The molecule has 0 unspecified atom stereocenters. The van der Waals surface area contributed by atoms with Crippen molar-refractivity contribution in [3.05, 3.63) is 64.7 Å². The molecule has 0 aliphatic heterocycles. The Kier molecular flexibility index (Phi) is 6.33. The lowest BCUT2D eigenvalue weighted by atomic mass is 10.2. The molecule has 0 saturated heterocycles. The normalized spacial score (nSPS) is 10.4. The lowest BCUT2D eigenvalue weighted by molar-refractivity contribution is -0.138. The van der Waals surface area contributed by atoms with E-state index in [1.807, 2.05) is 24.3 Å². The SMILES string of the molecule is CNC(=O)C(=O)N/N=C\c1ccc(OCc2cccc(Cl)c2)cc1. The number of hydrogen-bond acceptors (Lipinski definition) is 4. The Hall–Kier alpha value is -2.86. The first kappa shape index (κ1) is 17.5. The van der Waals surface area contributed by atoms with Gasteiger partial charge in [0, 0.05) is 12.1 Å². The van der Waals surface area contributed by atoms with Crippen molar-refractivity contribution in [3.63, 3.8) is 0 Å². The van der Waals surface area contributed by atoms with Crippen LogP contribution in [0.25, 0.3) is 0 Å². The molecule has 0 radical (unpaired) electrons. The van der Waals surface area contributed by atoms with Crippen LogP contribution in [-0.2, 0) is 16.2 Å². The fourth-order valence-corrected chi connectivity index (χ4v) is 1.99. The lowest BCUT2D eigenvalue weighted by Crippen LogP contribution is -2.35. The molecule has 0 atom stereocenters. The summed E-state index contributed by atoms with van der Waals surface area (Å²) >= 11 is 5.92. The zero-order valence-electron chi connectivity index (χ0n) is 13.0. The third-order valence-electron chi connectivity index (χ3n) is 2.99. The van der Waals surface area contributed by atoms with Gasteiger partial charge in [-0.2, -0.15) is 5.10 Å². The van der Waals surface area contributed by atoms with Crippen LogP contribution >= 0.6 is 11.6 Å². The summed E-state index contributed by atoms with van der Waals surface area (Å²) in [5.74, 6) is -0.881. The number of likely N-dealkylation sites (N-methyl/N-ethyl adjacent to an activating group) is 1. The van der Waals surface area contributed by atoms with Gasteiger partial charge in [-0.1, -0.05) is 23.7 Å². The molecule has 0 bridgehead atoms. The van der Waals surface area contributed by atoms with Crippen molar-refractivity contribution in [1.29, 1.82) is 0 Å². The molecule has 2 amide bonds. The Labute approximate surface area is 144 Å². The smallest absolute Gasteiger partial charge is 0.329 e. The van der Waals surface area contributed by atoms with E-state index in [9.17, 15) is 9.59 Å². The van der Waals surface area contributed by atoms with Gasteiger partial charge >= 0.3 is 11.8 Å². The minimum absolute atomic E-state index is 0.413. The van der Waals surface area contributed by atoms with E-state index in [4.69, 9.17) is 16.3 Å². The molecule has 2 aromatic carbocycles. The number of amides is 2. The van der Waals surface area contributed by atoms with Gasteiger partial charge < -0.3 is 10.1 Å². The van der Waals surface area contributed by atoms with Crippen molar-refractivity contribution < 1.29 is 14.3 Å². The first-order chi connectivity index (χ1) is 11.6. The number of ether oxygens (including phenoxy) is 1. The molecule has 2 rings (SSSR count). The van der Waals surface area contributed by atoms with E-state index in [-0.39, 0.29) is 0 Å². The molecule has 0 saturated carbocycles. The van der Waals surface area contributed by atoms with E-state index in [1.54, 1.807) is 24.3 Å². The van der Waals surface area contributed by atoms with Crippen molar-refractivity contribution in [2.24, 2.45) is 5.10 Å². The first-order valence-corrected chi connectivity index (χ1v) is 7.48. The van der Waals surface area contributed by atoms with Crippen molar-refractivity contribution >= 4 is 29.6 Å². The molecule has 0 aliphatic carbocycles. The van der Waals surface area contributed by atoms with Crippen molar-refractivity contribution in [2.75, 3.05) is 7.05 Å². The van der Waals surface area contributed by atoms with Crippen LogP contribution in [0.2, 0.25) is 5.02 Å². The molecule has 2 N–H and O–H groups in total. The highest BCUT2D eigenvalue weighted by Gasteiger charge is 2.08. The highest BCUT2D eigenvalue weighted by molar-refractivity contribution is 6.35. The van der Waals surface area contributed by atoms with Gasteiger partial charge in [0.25, 0.3) is 0 Å². The number of carbonyl (C=O) groups is 2. The van der Waals surface area contributed by atoms with Crippen LogP contribution in [-0.4, -0.2) is 25.1 Å². The molecule has 2 aromatic rings. The minimum atomic E-state index is -0.824. The predicted molar refractivity (Wildman–Crippen MR) is 92.0 cm³/mol. The molecule has 0 aliphatic rings. The number of benzene rings is 2. The van der Waals surface area contributed by atoms with E-state index in [0.717, 1.165) is 11.1 Å². The van der Waals surface area contributed by atoms with Crippen LogP contribution in [0.1, 0.15) is 11.1 Å². The Morgan fingerprint density at radius 3 is 2.58 bits per heavy atom. The summed E-state index contributed by atoms with van der Waals surface area (Å²) in [6.07, 6.45) is 1.43. The zero-order chi connectivity index (χ0) is 17.4. The van der Waals surface area contributed by atoms with Gasteiger partial charge in [0.05, 0.1) is 6.21 Å². The Balaban J connectivity index is 1.86. The topological polar surface area (TPSA) is 79.8 Å². The number of hydrazone groups is 1. The van der Waals surface area contributed by atoms with Gasteiger partial charge in [-0.05, 0) is 47.5 Å². The second kappa shape index (κ2) is 8.69. The summed E-state index contributed by atoms with van der Waals surface area (Å²) in [5, 5.41) is 6.57. The molecule has 124 valence electrons. The average Bonchev–Trinajstić information content (AvgIpc) is 2.60. The largest absolute Gasteiger partial charge is 0.489 e. The number of nitrogens with one attached hydrogen (secondary N) is 2. The summed E-state index contributed by atoms with van der Waals surface area (Å²) in [4.78, 5) is 22.2. The monoisotopic (exact) mass is 345 g/mol. The molecule has 7 heteroatoms. The summed E-state index contributed by atoms with van der Waals surface area (Å²) in [6.45, 7) is 0.413. The fourth-order valence-electron chi connectivity index (χ4n) is 1.77. The van der Waals surface area contributed by atoms with Crippen molar-refractivity contribution in [3.8, 4) is 5.75 Å². The average molecular weight is 346 g/mol. The van der Waals surface area contributed by atoms with E-state index >= 15 is 0 Å². The summed E-state index contributed by atoms with van der Waals surface area (Å²) in [6, 6.07) is 14.6. The van der Waals surface area contributed by atoms with E-state index in [1.165, 1.54) is 13.3 Å². The van der Waals surface area contributed by atoms with Gasteiger partial charge in [0.15, 0.2) is 0 Å². The highest BCUT2D eigenvalue weighted by atomic mass is 35.5. The minimum Gasteiger partial charge on any atom is -0.489 e. The lowest BCUT2D eigenvalue weighted by Gasteiger charge is -2.06. The summed E-state index contributed by atoms with van der Waals surface area (Å²) in [5.41, 5.74) is 3.85. The van der Waals surface area contributed by atoms with E-state index in [2.05, 4.69) is 15.8 Å². The maximum absolute atomic E-state index is 11.2. The third-order valence-corrected chi connectivity index (χ3v) is 3.22. The number of hydrogen-bond donors (Lipinski definition) is 2. The maximum Gasteiger partial charge on any atom is 0.329 e. The molecule has 0 heterocycles. The zero-order valence-corrected chi connectivity index (χ0v) is 13.7. The molecular formula is C17H16ClN3O3. The van der Waals surface area contributed by atoms with Gasteiger partial charge in [-0.3, -0.25) is 9.59 Å². The van der Waals surface area contributed by atoms with Crippen LogP contribution in [0, 0.1) is 0 Å². The quantitative estimate of drug-likeness (QED) is 0.495. The predicted octanol–water partition coefficient (Wildman–Crippen LogP) is 2.12. The first-order valence-electron chi connectivity index (χ1n) is 7.11. The summed E-state index contributed by atoms with van der Waals surface area (Å²) in [7, 11) is 1.37. The number of nitrogens with zero attached hydrogens (tertiary/aromatic N) is 1. The Morgan fingerprint density at radius 2 is 1.92 bits per heavy atom. The standard InChI is InChI=1S/C17H16ClN3O3/c1-19-16(22)17(23)21-20-10-12-5-7-15(8-6-12)24-11-13-3-2-4-14(18)9-13/h2-10H,11H2,1H3,(H,19,22)(H,21,23)/b20-10-. The van der Waals surface area contributed by atoms with Crippen LogP contribution in [0.3, 0.4) is 0 Å². The van der Waals surface area contributed by atoms with Crippen LogP contribution in [0.15, 0.2) is 53.6 Å². The molecular weight excluding hydrogens is 330 g/mol. The third kappa shape index (κ3) is 5.40. The van der Waals surface area contributed by atoms with Gasteiger partial charge in [-0.15, -0.1) is 0 Å². The number of carbonyl (C=O) groups excluding carboxylic acids is 2. The number of halogens is 1. The van der Waals surface area contributed by atoms with Gasteiger partial charge in [0.1, 0.15) is 12.4 Å².